The van der Waals surface area contributed by atoms with Gasteiger partial charge in [0.15, 0.2) is 0 Å². The molecule has 0 spiro atoms. The SMILES string of the molecule is C=CCOCC(O)CN(CCC(C)C)Cc1ccsc1. The number of thiophene rings is 1. The van der Waals surface area contributed by atoms with Crippen LogP contribution < -0.4 is 0 Å². The highest BCUT2D eigenvalue weighted by Gasteiger charge is 2.13. The minimum Gasteiger partial charge on any atom is -0.389 e. The van der Waals surface area contributed by atoms with Gasteiger partial charge in [0.25, 0.3) is 0 Å². The second kappa shape index (κ2) is 10.1. The van der Waals surface area contributed by atoms with E-state index < -0.39 is 6.10 Å². The van der Waals surface area contributed by atoms with Crippen LogP contribution >= 0.6 is 11.3 Å². The zero-order valence-electron chi connectivity index (χ0n) is 12.6. The van der Waals surface area contributed by atoms with E-state index in [1.165, 1.54) is 5.56 Å². The third kappa shape index (κ3) is 7.80. The number of aliphatic hydroxyl groups is 1. The maximum Gasteiger partial charge on any atom is 0.0900 e. The molecule has 1 heterocycles. The summed E-state index contributed by atoms with van der Waals surface area (Å²) in [4.78, 5) is 2.31. The van der Waals surface area contributed by atoms with Crippen LogP contribution in [-0.2, 0) is 11.3 Å². The number of hydrogen-bond acceptors (Lipinski definition) is 4. The molecular weight excluding hydrogens is 270 g/mol. The second-order valence-electron chi connectivity index (χ2n) is 5.53. The standard InChI is InChI=1S/C16H27NO2S/c1-4-8-19-12-16(18)11-17(7-5-14(2)3)10-15-6-9-20-13-15/h4,6,9,13-14,16,18H,1,5,7-8,10-12H2,2-3H3. The van der Waals surface area contributed by atoms with Gasteiger partial charge in [-0.05, 0) is 41.3 Å². The van der Waals surface area contributed by atoms with Crippen molar-refractivity contribution in [2.75, 3.05) is 26.3 Å². The van der Waals surface area contributed by atoms with E-state index in [4.69, 9.17) is 4.74 Å². The van der Waals surface area contributed by atoms with Crippen LogP contribution in [0.1, 0.15) is 25.8 Å². The molecule has 20 heavy (non-hydrogen) atoms. The van der Waals surface area contributed by atoms with E-state index in [9.17, 15) is 5.11 Å². The lowest BCUT2D eigenvalue weighted by Gasteiger charge is -2.25. The minimum atomic E-state index is -0.444. The van der Waals surface area contributed by atoms with Crippen molar-refractivity contribution < 1.29 is 9.84 Å². The molecule has 1 N–H and O–H groups in total. The Labute approximate surface area is 126 Å². The lowest BCUT2D eigenvalue weighted by molar-refractivity contribution is 0.0237. The highest BCUT2D eigenvalue weighted by Crippen LogP contribution is 2.12. The van der Waals surface area contributed by atoms with Crippen molar-refractivity contribution in [3.63, 3.8) is 0 Å². The van der Waals surface area contributed by atoms with E-state index in [1.54, 1.807) is 17.4 Å². The van der Waals surface area contributed by atoms with E-state index in [2.05, 4.69) is 42.2 Å². The Morgan fingerprint density at radius 3 is 2.90 bits per heavy atom. The third-order valence-corrected chi connectivity index (χ3v) is 3.76. The molecule has 0 bridgehead atoms. The van der Waals surface area contributed by atoms with Crippen LogP contribution in [0, 0.1) is 5.92 Å². The zero-order chi connectivity index (χ0) is 14.8. The van der Waals surface area contributed by atoms with Crippen molar-refractivity contribution in [3.8, 4) is 0 Å². The van der Waals surface area contributed by atoms with Gasteiger partial charge in [0, 0.05) is 13.1 Å². The summed E-state index contributed by atoms with van der Waals surface area (Å²) in [6.07, 6.45) is 2.40. The highest BCUT2D eigenvalue weighted by atomic mass is 32.1. The van der Waals surface area contributed by atoms with Crippen molar-refractivity contribution in [2.24, 2.45) is 5.92 Å². The van der Waals surface area contributed by atoms with Gasteiger partial charge in [-0.25, -0.2) is 0 Å². The first-order valence-electron chi connectivity index (χ1n) is 7.22. The van der Waals surface area contributed by atoms with Gasteiger partial charge in [-0.1, -0.05) is 19.9 Å². The average molecular weight is 297 g/mol. The van der Waals surface area contributed by atoms with Gasteiger partial charge in [0.1, 0.15) is 0 Å². The molecule has 0 aliphatic heterocycles. The maximum absolute atomic E-state index is 10.0. The van der Waals surface area contributed by atoms with Gasteiger partial charge in [-0.15, -0.1) is 6.58 Å². The quantitative estimate of drug-likeness (QED) is 0.503. The monoisotopic (exact) mass is 297 g/mol. The molecule has 0 fully saturated rings. The van der Waals surface area contributed by atoms with Crippen molar-refractivity contribution in [1.82, 2.24) is 4.90 Å². The van der Waals surface area contributed by atoms with Gasteiger partial charge in [0.05, 0.1) is 19.3 Å². The fourth-order valence-electron chi connectivity index (χ4n) is 1.95. The Kier molecular flexibility index (Phi) is 8.78. The largest absolute Gasteiger partial charge is 0.389 e. The number of rotatable bonds is 11. The molecule has 3 nitrogen and oxygen atoms in total. The predicted octanol–water partition coefficient (Wildman–Crippen LogP) is 3.16. The summed E-state index contributed by atoms with van der Waals surface area (Å²) in [6, 6.07) is 2.15. The molecule has 1 aromatic heterocycles. The number of ether oxygens (including phenoxy) is 1. The third-order valence-electron chi connectivity index (χ3n) is 3.02. The molecule has 0 radical (unpaired) electrons. The summed E-state index contributed by atoms with van der Waals surface area (Å²) in [6.45, 7) is 11.5. The molecule has 1 aromatic rings. The van der Waals surface area contributed by atoms with Crippen molar-refractivity contribution >= 4 is 11.3 Å². The molecule has 1 rings (SSSR count). The van der Waals surface area contributed by atoms with Gasteiger partial charge in [0.2, 0.25) is 0 Å². The van der Waals surface area contributed by atoms with Crippen LogP contribution in [-0.4, -0.2) is 42.4 Å². The Bertz CT molecular complexity index is 351. The number of aliphatic hydroxyl groups excluding tert-OH is 1. The second-order valence-corrected chi connectivity index (χ2v) is 6.31. The molecular formula is C16H27NO2S. The zero-order valence-corrected chi connectivity index (χ0v) is 13.4. The fraction of sp³-hybridized carbons (Fsp3) is 0.625. The van der Waals surface area contributed by atoms with E-state index in [-0.39, 0.29) is 0 Å². The number of hydrogen-bond donors (Lipinski definition) is 1. The van der Waals surface area contributed by atoms with Crippen LogP contribution in [0.15, 0.2) is 29.5 Å². The first kappa shape index (κ1) is 17.4. The predicted molar refractivity (Wildman–Crippen MR) is 86.1 cm³/mol. The molecule has 0 aliphatic carbocycles. The van der Waals surface area contributed by atoms with E-state index >= 15 is 0 Å². The summed E-state index contributed by atoms with van der Waals surface area (Å²) in [5, 5.41) is 14.3. The van der Waals surface area contributed by atoms with Crippen LogP contribution in [0.3, 0.4) is 0 Å². The first-order chi connectivity index (χ1) is 9.61. The van der Waals surface area contributed by atoms with Crippen LogP contribution in [0.4, 0.5) is 0 Å². The molecule has 0 aliphatic rings. The molecule has 0 saturated carbocycles. The van der Waals surface area contributed by atoms with E-state index in [0.29, 0.717) is 25.7 Å². The van der Waals surface area contributed by atoms with Gasteiger partial charge < -0.3 is 9.84 Å². The van der Waals surface area contributed by atoms with E-state index in [1.807, 2.05) is 0 Å². The summed E-state index contributed by atoms with van der Waals surface area (Å²) in [5.41, 5.74) is 1.32. The van der Waals surface area contributed by atoms with Crippen LogP contribution in [0.2, 0.25) is 0 Å². The van der Waals surface area contributed by atoms with Gasteiger partial charge >= 0.3 is 0 Å². The fourth-order valence-corrected chi connectivity index (χ4v) is 2.61. The number of nitrogens with zero attached hydrogens (tertiary/aromatic N) is 1. The molecule has 0 amide bonds. The molecule has 0 aromatic carbocycles. The van der Waals surface area contributed by atoms with E-state index in [0.717, 1.165) is 19.5 Å². The summed E-state index contributed by atoms with van der Waals surface area (Å²) >= 11 is 1.72. The van der Waals surface area contributed by atoms with Crippen molar-refractivity contribution in [1.29, 1.82) is 0 Å². The smallest absolute Gasteiger partial charge is 0.0900 e. The maximum atomic E-state index is 10.0. The molecule has 1 atom stereocenters. The summed E-state index contributed by atoms with van der Waals surface area (Å²) in [7, 11) is 0. The van der Waals surface area contributed by atoms with Crippen molar-refractivity contribution in [3.05, 3.63) is 35.0 Å². The average Bonchev–Trinajstić information content (AvgIpc) is 2.89. The first-order valence-corrected chi connectivity index (χ1v) is 8.16. The topological polar surface area (TPSA) is 32.7 Å². The van der Waals surface area contributed by atoms with Crippen LogP contribution in [0.25, 0.3) is 0 Å². The summed E-state index contributed by atoms with van der Waals surface area (Å²) < 4.78 is 5.31. The highest BCUT2D eigenvalue weighted by molar-refractivity contribution is 7.07. The van der Waals surface area contributed by atoms with Crippen molar-refractivity contribution in [2.45, 2.75) is 32.9 Å². The lowest BCUT2D eigenvalue weighted by Crippen LogP contribution is -2.35. The van der Waals surface area contributed by atoms with Crippen LogP contribution in [0.5, 0.6) is 0 Å². The normalized spacial score (nSPS) is 13.1. The van der Waals surface area contributed by atoms with Gasteiger partial charge in [-0.2, -0.15) is 11.3 Å². The Morgan fingerprint density at radius 1 is 1.50 bits per heavy atom. The summed E-state index contributed by atoms with van der Waals surface area (Å²) in [5.74, 6) is 0.675. The molecule has 0 saturated heterocycles. The lowest BCUT2D eigenvalue weighted by atomic mass is 10.1. The molecule has 4 heteroatoms. The Balaban J connectivity index is 2.41. The molecule has 114 valence electrons. The van der Waals surface area contributed by atoms with Gasteiger partial charge in [-0.3, -0.25) is 4.90 Å². The Hall–Kier alpha value is -0.680. The minimum absolute atomic E-state index is 0.369. The molecule has 1 unspecified atom stereocenters. The Morgan fingerprint density at radius 2 is 2.30 bits per heavy atom.